The minimum Gasteiger partial charge on any atom is -0.324 e. The highest BCUT2D eigenvalue weighted by atomic mass is 19.1. The van der Waals surface area contributed by atoms with Gasteiger partial charge in [0.05, 0.1) is 0 Å². The summed E-state index contributed by atoms with van der Waals surface area (Å²) in [6, 6.07) is 3.22. The molecule has 0 aliphatic rings. The SMILES string of the molecule is C=C(C)C(N)Cc1ccc(F)cc1F. The molecule has 0 bridgehead atoms. The summed E-state index contributed by atoms with van der Waals surface area (Å²) < 4.78 is 25.7. The topological polar surface area (TPSA) is 26.0 Å². The van der Waals surface area contributed by atoms with Crippen LogP contribution in [-0.4, -0.2) is 6.04 Å². The molecule has 1 aromatic carbocycles. The predicted molar refractivity (Wildman–Crippen MR) is 52.9 cm³/mol. The molecule has 2 N–H and O–H groups in total. The van der Waals surface area contributed by atoms with Crippen LogP contribution in [0.1, 0.15) is 12.5 Å². The van der Waals surface area contributed by atoms with Gasteiger partial charge in [0, 0.05) is 12.1 Å². The molecule has 1 atom stereocenters. The van der Waals surface area contributed by atoms with Gasteiger partial charge >= 0.3 is 0 Å². The second kappa shape index (κ2) is 4.33. The molecule has 0 saturated carbocycles. The molecule has 0 amide bonds. The summed E-state index contributed by atoms with van der Waals surface area (Å²) in [6.45, 7) is 5.46. The van der Waals surface area contributed by atoms with Crippen molar-refractivity contribution in [2.75, 3.05) is 0 Å². The van der Waals surface area contributed by atoms with Crippen molar-refractivity contribution < 1.29 is 8.78 Å². The lowest BCUT2D eigenvalue weighted by Crippen LogP contribution is -2.24. The number of halogens is 2. The first-order valence-electron chi connectivity index (χ1n) is 4.35. The number of hydrogen-bond acceptors (Lipinski definition) is 1. The van der Waals surface area contributed by atoms with Gasteiger partial charge in [-0.1, -0.05) is 18.2 Å². The molecule has 0 fully saturated rings. The summed E-state index contributed by atoms with van der Waals surface area (Å²) in [5.74, 6) is -1.13. The Bertz CT molecular complexity index is 347. The van der Waals surface area contributed by atoms with Crippen molar-refractivity contribution in [1.82, 2.24) is 0 Å². The smallest absolute Gasteiger partial charge is 0.129 e. The fourth-order valence-corrected chi connectivity index (χ4v) is 1.10. The molecule has 0 heterocycles. The first-order valence-corrected chi connectivity index (χ1v) is 4.35. The van der Waals surface area contributed by atoms with E-state index in [0.29, 0.717) is 12.0 Å². The van der Waals surface area contributed by atoms with Crippen LogP contribution in [-0.2, 0) is 6.42 Å². The van der Waals surface area contributed by atoms with Crippen molar-refractivity contribution in [2.45, 2.75) is 19.4 Å². The molecule has 1 unspecified atom stereocenters. The maximum Gasteiger partial charge on any atom is 0.129 e. The van der Waals surface area contributed by atoms with E-state index in [1.165, 1.54) is 12.1 Å². The van der Waals surface area contributed by atoms with Crippen LogP contribution in [0.3, 0.4) is 0 Å². The Kier molecular flexibility index (Phi) is 3.36. The van der Waals surface area contributed by atoms with Crippen molar-refractivity contribution in [3.05, 3.63) is 47.5 Å². The molecule has 1 aromatic rings. The van der Waals surface area contributed by atoms with Gasteiger partial charge in [0.15, 0.2) is 0 Å². The number of hydrogen-bond donors (Lipinski definition) is 1. The van der Waals surface area contributed by atoms with Crippen molar-refractivity contribution in [3.8, 4) is 0 Å². The van der Waals surface area contributed by atoms with Crippen molar-refractivity contribution >= 4 is 0 Å². The van der Waals surface area contributed by atoms with E-state index in [2.05, 4.69) is 6.58 Å². The standard InChI is InChI=1S/C11H13F2N/c1-7(2)11(14)5-8-3-4-9(12)6-10(8)13/h3-4,6,11H,1,5,14H2,2H3. The van der Waals surface area contributed by atoms with Crippen LogP contribution < -0.4 is 5.73 Å². The van der Waals surface area contributed by atoms with Gasteiger partial charge in [-0.2, -0.15) is 0 Å². The van der Waals surface area contributed by atoms with Gasteiger partial charge in [-0.05, 0) is 25.0 Å². The molecule has 0 aromatic heterocycles. The molecular formula is C11H13F2N. The highest BCUT2D eigenvalue weighted by molar-refractivity contribution is 5.21. The van der Waals surface area contributed by atoms with Crippen molar-refractivity contribution in [2.24, 2.45) is 5.73 Å². The first-order chi connectivity index (χ1) is 6.50. The van der Waals surface area contributed by atoms with E-state index in [9.17, 15) is 8.78 Å². The monoisotopic (exact) mass is 197 g/mol. The predicted octanol–water partition coefficient (Wildman–Crippen LogP) is 2.41. The molecule has 0 saturated heterocycles. The maximum absolute atomic E-state index is 13.1. The van der Waals surface area contributed by atoms with E-state index in [0.717, 1.165) is 11.6 Å². The largest absolute Gasteiger partial charge is 0.324 e. The van der Waals surface area contributed by atoms with Gasteiger partial charge in [0.1, 0.15) is 11.6 Å². The van der Waals surface area contributed by atoms with Crippen molar-refractivity contribution in [1.29, 1.82) is 0 Å². The average Bonchev–Trinajstić information content (AvgIpc) is 2.09. The molecule has 1 nitrogen and oxygen atoms in total. The summed E-state index contributed by atoms with van der Waals surface area (Å²) in [5.41, 5.74) is 6.90. The Morgan fingerprint density at radius 2 is 2.14 bits per heavy atom. The van der Waals surface area contributed by atoms with Crippen LogP contribution >= 0.6 is 0 Å². The Labute approximate surface area is 82.2 Å². The van der Waals surface area contributed by atoms with Crippen LogP contribution in [0.2, 0.25) is 0 Å². The van der Waals surface area contributed by atoms with Crippen LogP contribution in [0.25, 0.3) is 0 Å². The normalized spacial score (nSPS) is 12.6. The van der Waals surface area contributed by atoms with E-state index in [1.807, 2.05) is 0 Å². The van der Waals surface area contributed by atoms with Crippen LogP contribution in [0.15, 0.2) is 30.4 Å². The molecular weight excluding hydrogens is 184 g/mol. The Balaban J connectivity index is 2.82. The van der Waals surface area contributed by atoms with E-state index < -0.39 is 11.6 Å². The zero-order valence-electron chi connectivity index (χ0n) is 8.06. The van der Waals surface area contributed by atoms with Crippen LogP contribution in [0.5, 0.6) is 0 Å². The molecule has 14 heavy (non-hydrogen) atoms. The van der Waals surface area contributed by atoms with Gasteiger partial charge in [0.2, 0.25) is 0 Å². The lowest BCUT2D eigenvalue weighted by Gasteiger charge is -2.11. The lowest BCUT2D eigenvalue weighted by molar-refractivity contribution is 0.566. The van der Waals surface area contributed by atoms with Gasteiger partial charge in [-0.3, -0.25) is 0 Å². The summed E-state index contributed by atoms with van der Waals surface area (Å²) in [5, 5.41) is 0. The summed E-state index contributed by atoms with van der Waals surface area (Å²) in [7, 11) is 0. The molecule has 0 spiro atoms. The van der Waals surface area contributed by atoms with Gasteiger partial charge in [-0.15, -0.1) is 0 Å². The number of nitrogens with two attached hydrogens (primary N) is 1. The van der Waals surface area contributed by atoms with Gasteiger partial charge in [0.25, 0.3) is 0 Å². The first kappa shape index (κ1) is 10.9. The van der Waals surface area contributed by atoms with Crippen molar-refractivity contribution in [3.63, 3.8) is 0 Å². The third-order valence-electron chi connectivity index (χ3n) is 2.09. The fraction of sp³-hybridized carbons (Fsp3) is 0.273. The highest BCUT2D eigenvalue weighted by Crippen LogP contribution is 2.12. The molecule has 1 rings (SSSR count). The second-order valence-corrected chi connectivity index (χ2v) is 3.39. The number of benzene rings is 1. The van der Waals surface area contributed by atoms with E-state index in [4.69, 9.17) is 5.73 Å². The van der Waals surface area contributed by atoms with Gasteiger partial charge < -0.3 is 5.73 Å². The molecule has 0 aliphatic heterocycles. The van der Waals surface area contributed by atoms with E-state index >= 15 is 0 Å². The average molecular weight is 197 g/mol. The van der Waals surface area contributed by atoms with Crippen LogP contribution in [0.4, 0.5) is 8.78 Å². The molecule has 3 heteroatoms. The molecule has 76 valence electrons. The Hall–Kier alpha value is -1.22. The third kappa shape index (κ3) is 2.64. The quantitative estimate of drug-likeness (QED) is 0.740. The lowest BCUT2D eigenvalue weighted by atomic mass is 10.0. The Morgan fingerprint density at radius 1 is 1.50 bits per heavy atom. The minimum atomic E-state index is -0.574. The van der Waals surface area contributed by atoms with Crippen LogP contribution in [0, 0.1) is 11.6 Å². The third-order valence-corrected chi connectivity index (χ3v) is 2.09. The molecule has 0 aliphatic carbocycles. The zero-order valence-corrected chi connectivity index (χ0v) is 8.06. The summed E-state index contributed by atoms with van der Waals surface area (Å²) in [4.78, 5) is 0. The summed E-state index contributed by atoms with van der Waals surface area (Å²) in [6.07, 6.45) is 0.349. The highest BCUT2D eigenvalue weighted by Gasteiger charge is 2.09. The van der Waals surface area contributed by atoms with E-state index in [-0.39, 0.29) is 6.04 Å². The summed E-state index contributed by atoms with van der Waals surface area (Å²) >= 11 is 0. The molecule has 0 radical (unpaired) electrons. The minimum absolute atomic E-state index is 0.282. The second-order valence-electron chi connectivity index (χ2n) is 3.39. The zero-order chi connectivity index (χ0) is 10.7. The fourth-order valence-electron chi connectivity index (χ4n) is 1.10. The van der Waals surface area contributed by atoms with Gasteiger partial charge in [-0.25, -0.2) is 8.78 Å². The number of rotatable bonds is 3. The van der Waals surface area contributed by atoms with E-state index in [1.54, 1.807) is 6.92 Å². The maximum atomic E-state index is 13.1. The Morgan fingerprint density at radius 3 is 2.64 bits per heavy atom.